The van der Waals surface area contributed by atoms with Gasteiger partial charge in [0.2, 0.25) is 5.56 Å². The monoisotopic (exact) mass is 183 g/mol. The molecule has 1 heterocycles. The molecule has 1 N–H and O–H groups in total. The zero-order valence-corrected chi connectivity index (χ0v) is 7.79. The summed E-state index contributed by atoms with van der Waals surface area (Å²) in [6.45, 7) is 1.80. The van der Waals surface area contributed by atoms with E-state index in [0.717, 1.165) is 16.5 Å². The van der Waals surface area contributed by atoms with E-state index in [4.69, 9.17) is 0 Å². The van der Waals surface area contributed by atoms with Crippen LogP contribution >= 0.6 is 0 Å². The first-order chi connectivity index (χ1) is 6.79. The van der Waals surface area contributed by atoms with Crippen LogP contribution in [0.3, 0.4) is 0 Å². The summed E-state index contributed by atoms with van der Waals surface area (Å²) in [6, 6.07) is 9.05. The van der Waals surface area contributed by atoms with Crippen molar-refractivity contribution in [3.63, 3.8) is 0 Å². The Balaban J connectivity index is 2.71. The molecular weight excluding hydrogens is 174 g/mol. The van der Waals surface area contributed by atoms with Gasteiger partial charge in [0.15, 0.2) is 0 Å². The topological polar surface area (TPSA) is 32.9 Å². The van der Waals surface area contributed by atoms with Gasteiger partial charge < -0.3 is 4.98 Å². The molecular formula is C12H9NO. The minimum Gasteiger partial charge on any atom is -0.322 e. The molecule has 2 rings (SSSR count). The van der Waals surface area contributed by atoms with E-state index in [1.54, 1.807) is 13.0 Å². The molecule has 0 saturated heterocycles. The van der Waals surface area contributed by atoms with Crippen molar-refractivity contribution in [3.05, 3.63) is 46.2 Å². The molecule has 0 amide bonds. The van der Waals surface area contributed by atoms with Crippen molar-refractivity contribution >= 4 is 10.9 Å². The maximum Gasteiger partial charge on any atom is 0.248 e. The molecule has 2 heteroatoms. The van der Waals surface area contributed by atoms with Crippen molar-refractivity contribution in [3.8, 4) is 11.8 Å². The molecule has 0 aliphatic heterocycles. The lowest BCUT2D eigenvalue weighted by atomic mass is 10.1. The highest BCUT2D eigenvalue weighted by Gasteiger charge is 1.94. The molecule has 0 radical (unpaired) electrons. The SMILES string of the molecule is CC#Cc1ccc2[nH]c(=O)ccc2c1. The number of rotatable bonds is 0. The number of nitrogens with one attached hydrogen (secondary N) is 1. The Labute approximate surface area is 81.6 Å². The van der Waals surface area contributed by atoms with Crippen LogP contribution in [-0.2, 0) is 0 Å². The smallest absolute Gasteiger partial charge is 0.248 e. The minimum absolute atomic E-state index is 0.0770. The first-order valence-electron chi connectivity index (χ1n) is 4.35. The molecule has 0 aliphatic carbocycles. The molecule has 2 nitrogen and oxygen atoms in total. The molecule has 14 heavy (non-hydrogen) atoms. The van der Waals surface area contributed by atoms with Crippen LogP contribution in [0.2, 0.25) is 0 Å². The summed E-state index contributed by atoms with van der Waals surface area (Å²) in [7, 11) is 0. The first kappa shape index (κ1) is 8.58. The molecule has 68 valence electrons. The van der Waals surface area contributed by atoms with Crippen molar-refractivity contribution in [2.24, 2.45) is 0 Å². The molecule has 2 aromatic rings. The highest BCUT2D eigenvalue weighted by molar-refractivity contribution is 5.79. The van der Waals surface area contributed by atoms with Gasteiger partial charge in [-0.15, -0.1) is 5.92 Å². The standard InChI is InChI=1S/C12H9NO/c1-2-3-9-4-6-11-10(8-9)5-7-12(14)13-11/h4-8H,1H3,(H,13,14). The summed E-state index contributed by atoms with van der Waals surface area (Å²) in [6.07, 6.45) is 0. The van der Waals surface area contributed by atoms with Crippen molar-refractivity contribution in [1.29, 1.82) is 0 Å². The quantitative estimate of drug-likeness (QED) is 0.622. The molecule has 1 aromatic heterocycles. The molecule has 0 atom stereocenters. The van der Waals surface area contributed by atoms with Crippen molar-refractivity contribution in [2.45, 2.75) is 6.92 Å². The van der Waals surface area contributed by atoms with E-state index in [-0.39, 0.29) is 5.56 Å². The second-order valence-corrected chi connectivity index (χ2v) is 3.00. The molecule has 0 saturated carbocycles. The molecule has 1 aromatic carbocycles. The van der Waals surface area contributed by atoms with Crippen LogP contribution in [-0.4, -0.2) is 4.98 Å². The average molecular weight is 183 g/mol. The number of fused-ring (bicyclic) bond motifs is 1. The highest BCUT2D eigenvalue weighted by atomic mass is 16.1. The van der Waals surface area contributed by atoms with Crippen molar-refractivity contribution in [2.75, 3.05) is 0 Å². The summed E-state index contributed by atoms with van der Waals surface area (Å²) < 4.78 is 0. The Hall–Kier alpha value is -2.01. The fourth-order valence-corrected chi connectivity index (χ4v) is 1.38. The lowest BCUT2D eigenvalue weighted by molar-refractivity contribution is 1.31. The zero-order valence-electron chi connectivity index (χ0n) is 7.79. The van der Waals surface area contributed by atoms with Gasteiger partial charge in [-0.1, -0.05) is 5.92 Å². The normalized spacial score (nSPS) is 9.50. The number of aromatic amines is 1. The van der Waals surface area contributed by atoms with E-state index in [1.807, 2.05) is 18.2 Å². The van der Waals surface area contributed by atoms with E-state index in [1.165, 1.54) is 6.07 Å². The van der Waals surface area contributed by atoms with Gasteiger partial charge >= 0.3 is 0 Å². The van der Waals surface area contributed by atoms with Crippen molar-refractivity contribution < 1.29 is 0 Å². The van der Waals surface area contributed by atoms with Crippen LogP contribution < -0.4 is 5.56 Å². The van der Waals surface area contributed by atoms with Crippen LogP contribution in [0.5, 0.6) is 0 Å². The van der Waals surface area contributed by atoms with Crippen LogP contribution in [0.1, 0.15) is 12.5 Å². The van der Waals surface area contributed by atoms with Crippen LogP contribution in [0.15, 0.2) is 35.1 Å². The second-order valence-electron chi connectivity index (χ2n) is 3.00. The third-order valence-electron chi connectivity index (χ3n) is 1.99. The zero-order chi connectivity index (χ0) is 9.97. The summed E-state index contributed by atoms with van der Waals surface area (Å²) in [4.78, 5) is 13.8. The maximum absolute atomic E-state index is 11.0. The van der Waals surface area contributed by atoms with E-state index >= 15 is 0 Å². The van der Waals surface area contributed by atoms with Crippen molar-refractivity contribution in [1.82, 2.24) is 4.98 Å². The predicted molar refractivity (Wildman–Crippen MR) is 57.1 cm³/mol. The number of pyridine rings is 1. The Morgan fingerprint density at radius 1 is 1.21 bits per heavy atom. The van der Waals surface area contributed by atoms with Gasteiger partial charge in [0, 0.05) is 17.1 Å². The van der Waals surface area contributed by atoms with Gasteiger partial charge in [0.05, 0.1) is 0 Å². The molecule has 0 bridgehead atoms. The number of hydrogen-bond acceptors (Lipinski definition) is 1. The fourth-order valence-electron chi connectivity index (χ4n) is 1.38. The van der Waals surface area contributed by atoms with E-state index in [0.29, 0.717) is 0 Å². The van der Waals surface area contributed by atoms with Gasteiger partial charge in [-0.2, -0.15) is 0 Å². The fraction of sp³-hybridized carbons (Fsp3) is 0.0833. The second kappa shape index (κ2) is 3.39. The van der Waals surface area contributed by atoms with Gasteiger partial charge in [0.25, 0.3) is 0 Å². The molecule has 0 unspecified atom stereocenters. The summed E-state index contributed by atoms with van der Waals surface area (Å²) in [5.74, 6) is 5.81. The Bertz CT molecular complexity index is 584. The number of H-pyrrole nitrogens is 1. The van der Waals surface area contributed by atoms with Gasteiger partial charge in [-0.05, 0) is 36.6 Å². The summed E-state index contributed by atoms with van der Waals surface area (Å²) in [5, 5.41) is 1.00. The Morgan fingerprint density at radius 3 is 2.86 bits per heavy atom. The Morgan fingerprint density at radius 2 is 2.07 bits per heavy atom. The number of hydrogen-bond donors (Lipinski definition) is 1. The lowest BCUT2D eigenvalue weighted by Crippen LogP contribution is -2.01. The van der Waals surface area contributed by atoms with Gasteiger partial charge in [-0.25, -0.2) is 0 Å². The third kappa shape index (κ3) is 1.53. The maximum atomic E-state index is 11.0. The predicted octanol–water partition coefficient (Wildman–Crippen LogP) is 1.90. The van der Waals surface area contributed by atoms with Crippen LogP contribution in [0, 0.1) is 11.8 Å². The van der Waals surface area contributed by atoms with Gasteiger partial charge in [-0.3, -0.25) is 4.79 Å². The van der Waals surface area contributed by atoms with Crippen LogP contribution in [0.25, 0.3) is 10.9 Å². The van der Waals surface area contributed by atoms with E-state index in [9.17, 15) is 4.79 Å². The number of aromatic nitrogens is 1. The molecule has 0 aliphatic rings. The number of benzene rings is 1. The molecule has 0 spiro atoms. The lowest BCUT2D eigenvalue weighted by Gasteiger charge is -1.96. The summed E-state index contributed by atoms with van der Waals surface area (Å²) >= 11 is 0. The largest absolute Gasteiger partial charge is 0.322 e. The summed E-state index contributed by atoms with van der Waals surface area (Å²) in [5.41, 5.74) is 1.73. The average Bonchev–Trinajstić information content (AvgIpc) is 2.19. The van der Waals surface area contributed by atoms with Gasteiger partial charge in [0.1, 0.15) is 0 Å². The first-order valence-corrected chi connectivity index (χ1v) is 4.35. The van der Waals surface area contributed by atoms with Crippen LogP contribution in [0.4, 0.5) is 0 Å². The van der Waals surface area contributed by atoms with E-state index < -0.39 is 0 Å². The van der Waals surface area contributed by atoms with E-state index in [2.05, 4.69) is 16.8 Å². The minimum atomic E-state index is -0.0770. The Kier molecular flexibility index (Phi) is 2.08. The third-order valence-corrected chi connectivity index (χ3v) is 1.99. The molecule has 0 fully saturated rings. The highest BCUT2D eigenvalue weighted by Crippen LogP contribution is 2.10.